The Morgan fingerprint density at radius 2 is 1.32 bits per heavy atom. The maximum absolute atomic E-state index is 15.4. The number of sulfonamides is 2. The van der Waals surface area contributed by atoms with E-state index in [-0.39, 0.29) is 84.4 Å². The van der Waals surface area contributed by atoms with Crippen molar-refractivity contribution in [1.82, 2.24) is 24.1 Å². The van der Waals surface area contributed by atoms with Gasteiger partial charge in [0, 0.05) is 132 Å². The minimum atomic E-state index is -6.31. The number of piperazine rings is 1. The molecule has 3 aliphatic heterocycles. The van der Waals surface area contributed by atoms with E-state index in [9.17, 15) is 69.9 Å². The number of hydrogen-bond acceptors (Lipinski definition) is 19. The number of aromatic hydroxyl groups is 1. The third-order valence-electron chi connectivity index (χ3n) is 21.8. The topological polar surface area (TPSA) is 317 Å². The molecule has 651 valence electrons. The Labute approximate surface area is 728 Å². The normalized spacial score (nSPS) is 18.5. The molecule has 2 unspecified atom stereocenters. The van der Waals surface area contributed by atoms with E-state index < -0.39 is 113 Å². The number of aliphatic hydroxyl groups excluding tert-OH is 1. The standard InChI is InChI=1S/C64H81ClF3N5O9S2.C17H25F3N3O5S2.CH2BNO.Y/c1-8-10-11-12-45-38-57(74)60(55-37-44(5)13-23-53(55)43(3)4)58(39-45)82-62(76)73(50(9-2)26-28-70-33-35-81-36-34-70)56-40-52(22-24-59(56)83(77,78)64(66,67)68)84(79,80)69-61(75)47-16-20-51(21-17-47)72-31-29-71(30-32-72)42-48-41-63(6,7)27-25-54(48)46-14-18-49(65)19-15-46;1-3-13(6-7-23-8-10-28-11-9-23)22-15-12-14(30(26,27)21-2)4-5-16(15)29(24,25)17(18,19)20;2-1(3)4;/h14-22,24,37-40,50,53,55,74H,3,8-13,23,25-36,41-42H2,1-2,4-7H3,(H,69,75);4-5,12-13,21H,3,6-11H2,1-2H3;(H2,3,4);/q;-1;;/t50-,53?,55?;13-;;/m00../s1. The van der Waals surface area contributed by atoms with Gasteiger partial charge in [-0.1, -0.05) is 119 Å². The van der Waals surface area contributed by atoms with Crippen molar-refractivity contribution in [2.24, 2.45) is 11.3 Å². The van der Waals surface area contributed by atoms with Gasteiger partial charge in [-0.15, -0.1) is 11.7 Å². The van der Waals surface area contributed by atoms with Gasteiger partial charge in [0.2, 0.25) is 10.0 Å². The summed E-state index contributed by atoms with van der Waals surface area (Å²) in [7, 11) is -15.6. The van der Waals surface area contributed by atoms with E-state index in [1.807, 2.05) is 53.3 Å². The molecule has 3 heterocycles. The van der Waals surface area contributed by atoms with Crippen LogP contribution in [0.2, 0.25) is 5.02 Å². The fraction of sp³-hybridized carbons (Fsp3) is 0.524. The number of aliphatic hydroxyl groups is 1. The number of anilines is 2. The number of unbranched alkanes of at least 4 members (excludes halogenated alkanes) is 2. The zero-order valence-electron chi connectivity index (χ0n) is 68.4. The number of halogens is 7. The molecule has 24 nitrogen and oxygen atoms in total. The Hall–Kier alpha value is -6.47. The number of aryl methyl sites for hydroxylation is 1. The number of morpholine rings is 2. The fourth-order valence-corrected chi connectivity index (χ4v) is 18.9. The molecule has 3 radical (unpaired) electrons. The molecule has 10 rings (SSSR count). The van der Waals surface area contributed by atoms with Gasteiger partial charge in [0.05, 0.1) is 46.8 Å². The zero-order valence-corrected chi connectivity index (χ0v) is 75.3. The molecule has 119 heavy (non-hydrogen) atoms. The molecule has 3 saturated heterocycles. The summed E-state index contributed by atoms with van der Waals surface area (Å²) in [6, 6.07) is 20.3. The van der Waals surface area contributed by atoms with Gasteiger partial charge in [0.15, 0.2) is 7.85 Å². The number of nitrogens with one attached hydrogen (secondary N) is 3. The van der Waals surface area contributed by atoms with Crippen molar-refractivity contribution in [2.45, 2.75) is 181 Å². The largest absolute Gasteiger partial charge is 0.681 e. The number of ether oxygens (including phenoxy) is 3. The smallest absolute Gasteiger partial charge is 0.501 e. The van der Waals surface area contributed by atoms with Crippen LogP contribution in [0.15, 0.2) is 146 Å². The summed E-state index contributed by atoms with van der Waals surface area (Å²) in [6.45, 7) is 27.4. The number of allylic oxidation sites excluding steroid dienone is 4. The van der Waals surface area contributed by atoms with Gasteiger partial charge < -0.3 is 34.6 Å². The second kappa shape index (κ2) is 43.7. The van der Waals surface area contributed by atoms with Gasteiger partial charge in [-0.3, -0.25) is 29.8 Å². The number of phenols is 1. The summed E-state index contributed by atoms with van der Waals surface area (Å²) < 4.78 is 210. The zero-order chi connectivity index (χ0) is 86.9. The van der Waals surface area contributed by atoms with E-state index in [1.54, 1.807) is 38.1 Å². The van der Waals surface area contributed by atoms with Gasteiger partial charge in [0.25, 0.3) is 35.6 Å². The Balaban J connectivity index is 0.000000465. The van der Waals surface area contributed by atoms with Crippen LogP contribution < -0.4 is 24.0 Å². The number of carbonyl (C=O) groups is 2. The van der Waals surface area contributed by atoms with Crippen molar-refractivity contribution in [3.05, 3.63) is 159 Å². The summed E-state index contributed by atoms with van der Waals surface area (Å²) in [5.41, 5.74) is -5.20. The molecule has 37 heteroatoms. The number of carbonyl (C=O) groups excluding carboxylic acids is 2. The van der Waals surface area contributed by atoms with E-state index in [0.717, 1.165) is 119 Å². The number of rotatable bonds is 30. The van der Waals surface area contributed by atoms with Gasteiger partial charge in [-0.2, -0.15) is 26.3 Å². The predicted molar refractivity (Wildman–Crippen MR) is 446 cm³/mol. The molecule has 2 amide bonds. The first-order valence-electron chi connectivity index (χ1n) is 39.4. The SMILES string of the molecule is C=C(C)C1CCC(C)=CC1c1c(O)cc(CCCCC)cc1OC(=O)N(c1cc(S(=O)(=O)NC(=O)c2ccc(N3CCN(CC4=C(c5ccc(Cl)cc5)CCC(C)(C)C4)CC3)cc2)ccc1S(=O)(=O)C(F)(F)F)[C@@H](CC)CCN1CCOCC1.CC[C@@H](CCN1CCOCC1)[N-]c1cc(S(=O)(=O)NC)ccc1S(=O)(=O)C(F)(F)F.[B]C(=N)O.[Y]. The van der Waals surface area contributed by atoms with Gasteiger partial charge in [-0.25, -0.2) is 47.9 Å². The molecule has 3 fully saturated rings. The van der Waals surface area contributed by atoms with Crippen molar-refractivity contribution in [2.75, 3.05) is 115 Å². The van der Waals surface area contributed by atoms with Crippen molar-refractivity contribution in [3.8, 4) is 11.5 Å². The Morgan fingerprint density at radius 3 is 1.87 bits per heavy atom. The first-order chi connectivity index (χ1) is 55.4. The molecule has 5 aromatic carbocycles. The Morgan fingerprint density at radius 1 is 0.756 bits per heavy atom. The molecule has 5 aliphatic rings. The molecule has 0 spiro atoms. The molecular weight excluding hydrogens is 1730 g/mol. The number of phenolic OH excluding ortho intramolecular Hbond substituents is 1. The van der Waals surface area contributed by atoms with E-state index in [2.05, 4.69) is 60.4 Å². The van der Waals surface area contributed by atoms with Crippen LogP contribution in [0.3, 0.4) is 0 Å². The number of alkyl halides is 6. The fourth-order valence-electron chi connectivity index (χ4n) is 15.2. The van der Waals surface area contributed by atoms with Crippen LogP contribution in [0.25, 0.3) is 10.9 Å². The van der Waals surface area contributed by atoms with Gasteiger partial charge in [0.1, 0.15) is 22.2 Å². The molecule has 0 aromatic heterocycles. The maximum Gasteiger partial charge on any atom is 0.501 e. The minimum Gasteiger partial charge on any atom is -0.681 e. The molecule has 0 saturated carbocycles. The number of sulfone groups is 2. The van der Waals surface area contributed by atoms with Gasteiger partial charge in [-0.05, 0) is 192 Å². The maximum atomic E-state index is 15.4. The van der Waals surface area contributed by atoms with Crippen LogP contribution in [0.4, 0.5) is 48.2 Å². The van der Waals surface area contributed by atoms with Crippen molar-refractivity contribution in [1.29, 1.82) is 5.41 Å². The van der Waals surface area contributed by atoms with Crippen molar-refractivity contribution < 1.29 is 127 Å². The minimum absolute atomic E-state index is 0. The van der Waals surface area contributed by atoms with E-state index in [1.165, 1.54) is 28.8 Å². The van der Waals surface area contributed by atoms with Crippen LogP contribution >= 0.6 is 11.6 Å². The Kier molecular flexibility index (Phi) is 36.6. The van der Waals surface area contributed by atoms with Crippen LogP contribution in [0.1, 0.15) is 158 Å². The Bertz CT molecular complexity index is 4880. The summed E-state index contributed by atoms with van der Waals surface area (Å²) in [5.74, 6) is -2.89. The molecule has 0 bridgehead atoms. The molecule has 5 aromatic rings. The number of hydrogen-bond donors (Lipinski definition) is 5. The summed E-state index contributed by atoms with van der Waals surface area (Å²) in [6.07, 6.45) is 9.21. The monoisotopic (exact) mass is 1840 g/mol. The van der Waals surface area contributed by atoms with Crippen LogP contribution in [-0.2, 0) is 88.3 Å². The predicted octanol–water partition coefficient (Wildman–Crippen LogP) is 15.5. The molecule has 4 atom stereocenters. The second-order valence-electron chi connectivity index (χ2n) is 30.9. The van der Waals surface area contributed by atoms with Crippen LogP contribution in [0, 0.1) is 16.7 Å². The average molecular weight is 1840 g/mol. The molecule has 2 aliphatic carbocycles. The summed E-state index contributed by atoms with van der Waals surface area (Å²) in [5, 5.41) is 30.1. The van der Waals surface area contributed by atoms with E-state index in [0.29, 0.717) is 126 Å². The third-order valence-corrected chi connectivity index (χ3v) is 27.9. The number of benzene rings is 5. The molecular formula is C82H108BClF6N9O15S4Y-. The van der Waals surface area contributed by atoms with E-state index >= 15 is 4.79 Å². The van der Waals surface area contributed by atoms with Crippen LogP contribution in [-0.4, -0.2) is 213 Å². The first-order valence-corrected chi connectivity index (χ1v) is 45.7. The second-order valence-corrected chi connectivity index (χ2v) is 38.7. The third kappa shape index (κ3) is 27.0. The van der Waals surface area contributed by atoms with Crippen molar-refractivity contribution in [3.63, 3.8) is 0 Å². The quantitative estimate of drug-likeness (QED) is 0.00712. The van der Waals surface area contributed by atoms with Crippen LogP contribution in [0.5, 0.6) is 11.5 Å². The number of nitrogens with zero attached hydrogens (tertiary/aromatic N) is 6. The average Bonchev–Trinajstić information content (AvgIpc) is 0.757. The van der Waals surface area contributed by atoms with Gasteiger partial charge >= 0.3 is 17.1 Å². The summed E-state index contributed by atoms with van der Waals surface area (Å²) >= 11 is 6.23. The van der Waals surface area contributed by atoms with E-state index in [4.69, 9.17) is 36.3 Å². The summed E-state index contributed by atoms with van der Waals surface area (Å²) in [4.78, 5) is 35.3. The first kappa shape index (κ1) is 99.6. The molecule has 5 N–H and O–H groups in total. The van der Waals surface area contributed by atoms with Crippen molar-refractivity contribution >= 4 is 99.6 Å². The number of amides is 2.